The van der Waals surface area contributed by atoms with Gasteiger partial charge in [0.05, 0.1) is 23.9 Å². The molecule has 3 aromatic rings. The number of amides is 1. The number of aryl methyl sites for hydroxylation is 1. The van der Waals surface area contributed by atoms with Crippen LogP contribution < -0.4 is 9.64 Å². The number of carbonyl (C=O) groups is 2. The van der Waals surface area contributed by atoms with Gasteiger partial charge in [-0.05, 0) is 49.2 Å². The Kier molecular flexibility index (Phi) is 5.69. The monoisotopic (exact) mass is 429 g/mol. The number of aromatic hydroxyl groups is 1. The van der Waals surface area contributed by atoms with Crippen molar-refractivity contribution < 1.29 is 24.5 Å². The SMILES string of the molecule is CCOc1cccc(/C(O)=C2\C(=O)C(=O)N(c3cc(C)ccc3O)C2c2ccccc2)c1. The van der Waals surface area contributed by atoms with Crippen LogP contribution in [0.4, 0.5) is 5.69 Å². The molecule has 1 atom stereocenters. The minimum absolute atomic E-state index is 0.0456. The first-order chi connectivity index (χ1) is 15.4. The fourth-order valence-electron chi connectivity index (χ4n) is 3.91. The molecule has 32 heavy (non-hydrogen) atoms. The second-order valence-corrected chi connectivity index (χ2v) is 7.53. The molecule has 1 aliphatic rings. The van der Waals surface area contributed by atoms with Crippen LogP contribution in [0.1, 0.15) is 29.7 Å². The molecule has 3 aromatic carbocycles. The van der Waals surface area contributed by atoms with Crippen molar-refractivity contribution >= 4 is 23.1 Å². The highest BCUT2D eigenvalue weighted by atomic mass is 16.5. The highest BCUT2D eigenvalue weighted by Gasteiger charge is 2.47. The Balaban J connectivity index is 1.94. The van der Waals surface area contributed by atoms with E-state index >= 15 is 0 Å². The van der Waals surface area contributed by atoms with Gasteiger partial charge in [-0.3, -0.25) is 14.5 Å². The lowest BCUT2D eigenvalue weighted by atomic mass is 9.95. The molecule has 1 amide bonds. The van der Waals surface area contributed by atoms with Crippen molar-refractivity contribution in [1.29, 1.82) is 0 Å². The van der Waals surface area contributed by atoms with E-state index in [0.717, 1.165) is 5.56 Å². The van der Waals surface area contributed by atoms with E-state index in [-0.39, 0.29) is 22.8 Å². The number of carbonyl (C=O) groups excluding carboxylic acids is 2. The van der Waals surface area contributed by atoms with Crippen LogP contribution in [-0.4, -0.2) is 28.5 Å². The number of rotatable bonds is 5. The second kappa shape index (κ2) is 8.59. The molecule has 0 bridgehead atoms. The molecule has 162 valence electrons. The minimum Gasteiger partial charge on any atom is -0.507 e. The fraction of sp³-hybridized carbons (Fsp3) is 0.154. The summed E-state index contributed by atoms with van der Waals surface area (Å²) in [5.41, 5.74) is 1.98. The van der Waals surface area contributed by atoms with Crippen molar-refractivity contribution in [3.8, 4) is 11.5 Å². The van der Waals surface area contributed by atoms with Gasteiger partial charge in [0.1, 0.15) is 17.3 Å². The van der Waals surface area contributed by atoms with Gasteiger partial charge in [-0.1, -0.05) is 48.5 Å². The predicted octanol–water partition coefficient (Wildman–Crippen LogP) is 4.73. The smallest absolute Gasteiger partial charge is 0.300 e. The number of aliphatic hydroxyl groups excluding tert-OH is 1. The number of ketones is 1. The molecule has 0 radical (unpaired) electrons. The minimum atomic E-state index is -0.903. The molecule has 0 aromatic heterocycles. The summed E-state index contributed by atoms with van der Waals surface area (Å²) >= 11 is 0. The van der Waals surface area contributed by atoms with Gasteiger partial charge in [-0.15, -0.1) is 0 Å². The van der Waals surface area contributed by atoms with Crippen molar-refractivity contribution in [3.63, 3.8) is 0 Å². The maximum Gasteiger partial charge on any atom is 0.300 e. The number of Topliss-reactive ketones (excluding diaryl/α,β-unsaturated/α-hetero) is 1. The Bertz CT molecular complexity index is 1220. The van der Waals surface area contributed by atoms with E-state index in [1.807, 2.05) is 19.9 Å². The van der Waals surface area contributed by atoms with Crippen molar-refractivity contribution in [2.45, 2.75) is 19.9 Å². The highest BCUT2D eigenvalue weighted by molar-refractivity contribution is 6.51. The Labute approximate surface area is 186 Å². The van der Waals surface area contributed by atoms with Crippen molar-refractivity contribution in [2.24, 2.45) is 0 Å². The fourth-order valence-corrected chi connectivity index (χ4v) is 3.91. The summed E-state index contributed by atoms with van der Waals surface area (Å²) in [6, 6.07) is 19.6. The quantitative estimate of drug-likeness (QED) is 0.348. The molecule has 4 rings (SSSR count). The summed E-state index contributed by atoms with van der Waals surface area (Å²) in [6.45, 7) is 4.13. The van der Waals surface area contributed by atoms with Crippen LogP contribution in [0, 0.1) is 6.92 Å². The zero-order valence-electron chi connectivity index (χ0n) is 17.8. The molecule has 0 aliphatic carbocycles. The van der Waals surface area contributed by atoms with Gasteiger partial charge in [0.25, 0.3) is 11.7 Å². The molecule has 2 N–H and O–H groups in total. The van der Waals surface area contributed by atoms with Crippen LogP contribution in [0.5, 0.6) is 11.5 Å². The lowest BCUT2D eigenvalue weighted by Crippen LogP contribution is -2.29. The van der Waals surface area contributed by atoms with Gasteiger partial charge in [0.15, 0.2) is 0 Å². The van der Waals surface area contributed by atoms with Gasteiger partial charge in [0.2, 0.25) is 0 Å². The lowest BCUT2D eigenvalue weighted by molar-refractivity contribution is -0.132. The molecule has 6 nitrogen and oxygen atoms in total. The van der Waals surface area contributed by atoms with Gasteiger partial charge >= 0.3 is 0 Å². The number of benzene rings is 3. The maximum absolute atomic E-state index is 13.2. The molecule has 1 fully saturated rings. The molecule has 6 heteroatoms. The summed E-state index contributed by atoms with van der Waals surface area (Å²) < 4.78 is 5.51. The van der Waals surface area contributed by atoms with Crippen molar-refractivity contribution in [2.75, 3.05) is 11.5 Å². The number of ether oxygens (including phenoxy) is 1. The zero-order valence-corrected chi connectivity index (χ0v) is 17.8. The molecule has 1 aliphatic heterocycles. The van der Waals surface area contributed by atoms with Gasteiger partial charge < -0.3 is 14.9 Å². The Morgan fingerprint density at radius 1 is 1.00 bits per heavy atom. The van der Waals surface area contributed by atoms with Crippen molar-refractivity contribution in [3.05, 3.63) is 95.1 Å². The number of nitrogens with zero attached hydrogens (tertiary/aromatic N) is 1. The van der Waals surface area contributed by atoms with E-state index in [1.165, 1.54) is 11.0 Å². The normalized spacial score (nSPS) is 17.6. The van der Waals surface area contributed by atoms with Gasteiger partial charge in [-0.2, -0.15) is 0 Å². The number of hydrogen-bond donors (Lipinski definition) is 2. The highest BCUT2D eigenvalue weighted by Crippen LogP contribution is 2.45. The standard InChI is InChI=1S/C26H23NO5/c1-3-32-19-11-7-10-18(15-19)24(29)22-23(17-8-5-4-6-9-17)27(26(31)25(22)30)20-14-16(2)12-13-21(20)28/h4-15,23,28-29H,3H2,1-2H3/b24-22+. The molecule has 1 saturated heterocycles. The van der Waals surface area contributed by atoms with Crippen LogP contribution >= 0.6 is 0 Å². The summed E-state index contributed by atoms with van der Waals surface area (Å²) in [4.78, 5) is 27.6. The number of anilines is 1. The average Bonchev–Trinajstić information content (AvgIpc) is 3.06. The Morgan fingerprint density at radius 2 is 1.75 bits per heavy atom. The van der Waals surface area contributed by atoms with Crippen LogP contribution in [0.3, 0.4) is 0 Å². The molecule has 1 unspecified atom stereocenters. The Morgan fingerprint density at radius 3 is 2.47 bits per heavy atom. The second-order valence-electron chi connectivity index (χ2n) is 7.53. The molecular formula is C26H23NO5. The first kappa shape index (κ1) is 21.2. The number of hydrogen-bond acceptors (Lipinski definition) is 5. The Hall–Kier alpha value is -4.06. The number of aliphatic hydroxyl groups is 1. The van der Waals surface area contributed by atoms with E-state index in [1.54, 1.807) is 60.7 Å². The average molecular weight is 429 g/mol. The van der Waals surface area contributed by atoms with E-state index < -0.39 is 17.7 Å². The van der Waals surface area contributed by atoms with Crippen LogP contribution in [0.15, 0.2) is 78.4 Å². The molecule has 1 heterocycles. The van der Waals surface area contributed by atoms with Gasteiger partial charge in [0, 0.05) is 5.56 Å². The molecule has 0 saturated carbocycles. The first-order valence-electron chi connectivity index (χ1n) is 10.3. The number of phenolic OH excluding ortho intramolecular Hbond substituents is 1. The van der Waals surface area contributed by atoms with E-state index in [4.69, 9.17) is 4.74 Å². The molecule has 0 spiro atoms. The zero-order chi connectivity index (χ0) is 22.8. The van der Waals surface area contributed by atoms with E-state index in [2.05, 4.69) is 0 Å². The van der Waals surface area contributed by atoms with E-state index in [0.29, 0.717) is 23.5 Å². The van der Waals surface area contributed by atoms with Crippen LogP contribution in [-0.2, 0) is 9.59 Å². The van der Waals surface area contributed by atoms with Crippen molar-refractivity contribution in [1.82, 2.24) is 0 Å². The third kappa shape index (κ3) is 3.71. The first-order valence-corrected chi connectivity index (χ1v) is 10.3. The topological polar surface area (TPSA) is 87.1 Å². The van der Waals surface area contributed by atoms with E-state index in [9.17, 15) is 19.8 Å². The summed E-state index contributed by atoms with van der Waals surface area (Å²) in [7, 11) is 0. The maximum atomic E-state index is 13.2. The van der Waals surface area contributed by atoms with Crippen LogP contribution in [0.2, 0.25) is 0 Å². The largest absolute Gasteiger partial charge is 0.507 e. The summed E-state index contributed by atoms with van der Waals surface area (Å²) in [6.07, 6.45) is 0. The number of phenols is 1. The van der Waals surface area contributed by atoms with Crippen LogP contribution in [0.25, 0.3) is 5.76 Å². The third-order valence-electron chi connectivity index (χ3n) is 5.37. The predicted molar refractivity (Wildman–Crippen MR) is 122 cm³/mol. The summed E-state index contributed by atoms with van der Waals surface area (Å²) in [5, 5.41) is 21.7. The lowest BCUT2D eigenvalue weighted by Gasteiger charge is -2.26. The molecular weight excluding hydrogens is 406 g/mol. The van der Waals surface area contributed by atoms with Gasteiger partial charge in [-0.25, -0.2) is 0 Å². The summed E-state index contributed by atoms with van der Waals surface area (Å²) in [5.74, 6) is -1.52. The third-order valence-corrected chi connectivity index (χ3v) is 5.37.